The maximum atomic E-state index is 11.7. The average molecular weight is 530 g/mol. The average Bonchev–Trinajstić information content (AvgIpc) is 3.20. The molecule has 9 heteroatoms. The van der Waals surface area contributed by atoms with Crippen molar-refractivity contribution in [3.05, 3.63) is 0 Å². The molecule has 0 aromatic rings. The predicted molar refractivity (Wildman–Crippen MR) is 141 cm³/mol. The molecule has 0 spiro atoms. The van der Waals surface area contributed by atoms with Crippen LogP contribution in [0, 0.1) is 5.92 Å². The minimum absolute atomic E-state index is 0.125. The number of carbonyl (C=O) groups excluding carboxylic acids is 1. The van der Waals surface area contributed by atoms with E-state index in [0.29, 0.717) is 19.4 Å². The fraction of sp³-hybridized carbons (Fsp3) is 0.893. The molecule has 3 atom stereocenters. The molecular weight excluding hydrogens is 478 g/mol. The number of ether oxygens (including phenoxy) is 1. The smallest absolute Gasteiger partial charge is 0.326 e. The third-order valence-electron chi connectivity index (χ3n) is 7.33. The van der Waals surface area contributed by atoms with Crippen molar-refractivity contribution in [1.29, 1.82) is 0 Å². The van der Waals surface area contributed by atoms with E-state index in [1.807, 2.05) is 0 Å². The second-order valence-corrected chi connectivity index (χ2v) is 10.9. The first-order valence-electron chi connectivity index (χ1n) is 14.3. The molecular formula is C28H51NO8. The van der Waals surface area contributed by atoms with E-state index in [0.717, 1.165) is 23.7 Å². The van der Waals surface area contributed by atoms with Crippen LogP contribution >= 0.6 is 0 Å². The van der Waals surface area contributed by atoms with Gasteiger partial charge in [0.25, 0.3) is 0 Å². The van der Waals surface area contributed by atoms with Gasteiger partial charge in [0.2, 0.25) is 5.91 Å². The van der Waals surface area contributed by atoms with Gasteiger partial charge >= 0.3 is 11.9 Å². The molecule has 2 heterocycles. The van der Waals surface area contributed by atoms with Gasteiger partial charge in [-0.1, -0.05) is 90.9 Å². The Kier molecular flexibility index (Phi) is 16.7. The van der Waals surface area contributed by atoms with Gasteiger partial charge < -0.3 is 25.2 Å². The van der Waals surface area contributed by atoms with Crippen molar-refractivity contribution >= 4 is 17.8 Å². The maximum Gasteiger partial charge on any atom is 0.326 e. The summed E-state index contributed by atoms with van der Waals surface area (Å²) >= 11 is 0. The highest BCUT2D eigenvalue weighted by Crippen LogP contribution is 2.39. The van der Waals surface area contributed by atoms with Crippen molar-refractivity contribution in [2.45, 2.75) is 141 Å². The SMILES string of the molecule is CC(C)CCCCCCCCCCCCCCC(=O)O.O=C(O)[C@@H]1CCC(=O)N1C1(C(O)CO)CCO1. The zero-order valence-electron chi connectivity index (χ0n) is 23.0. The predicted octanol–water partition coefficient (Wildman–Crippen LogP) is 4.72. The highest BCUT2D eigenvalue weighted by atomic mass is 16.6. The zero-order valence-corrected chi connectivity index (χ0v) is 23.0. The van der Waals surface area contributed by atoms with Crippen molar-refractivity contribution in [3.8, 4) is 0 Å². The summed E-state index contributed by atoms with van der Waals surface area (Å²) in [5, 5.41) is 36.3. The van der Waals surface area contributed by atoms with Crippen molar-refractivity contribution in [2.24, 2.45) is 5.92 Å². The van der Waals surface area contributed by atoms with Crippen molar-refractivity contribution in [2.75, 3.05) is 13.2 Å². The number of rotatable bonds is 19. The highest BCUT2D eigenvalue weighted by molar-refractivity contribution is 5.88. The second kappa shape index (κ2) is 18.5. The summed E-state index contributed by atoms with van der Waals surface area (Å²) < 4.78 is 5.24. The number of nitrogens with zero attached hydrogens (tertiary/aromatic N) is 1. The highest BCUT2D eigenvalue weighted by Gasteiger charge is 2.57. The fourth-order valence-electron chi connectivity index (χ4n) is 5.06. The number of carboxylic acids is 2. The van der Waals surface area contributed by atoms with Crippen LogP contribution in [-0.2, 0) is 19.1 Å². The van der Waals surface area contributed by atoms with Crippen LogP contribution in [0.1, 0.15) is 123 Å². The minimum atomic E-state index is -1.36. The molecule has 0 radical (unpaired) electrons. The van der Waals surface area contributed by atoms with Crippen LogP contribution in [0.15, 0.2) is 0 Å². The van der Waals surface area contributed by atoms with E-state index < -0.39 is 36.4 Å². The van der Waals surface area contributed by atoms with Crippen molar-refractivity contribution < 1.29 is 39.5 Å². The number of hydrogen-bond acceptors (Lipinski definition) is 6. The van der Waals surface area contributed by atoms with Gasteiger partial charge in [0.1, 0.15) is 12.1 Å². The van der Waals surface area contributed by atoms with Gasteiger partial charge in [0.05, 0.1) is 13.2 Å². The number of unbranched alkanes of at least 4 members (excludes halogenated alkanes) is 11. The monoisotopic (exact) mass is 529 g/mol. The van der Waals surface area contributed by atoms with Crippen LogP contribution in [0.2, 0.25) is 0 Å². The normalized spacial score (nSPS) is 21.9. The fourth-order valence-corrected chi connectivity index (χ4v) is 5.06. The van der Waals surface area contributed by atoms with Crippen LogP contribution in [-0.4, -0.2) is 74.3 Å². The summed E-state index contributed by atoms with van der Waals surface area (Å²) in [5.41, 5.74) is -1.36. The number of amides is 1. The lowest BCUT2D eigenvalue weighted by Gasteiger charge is -2.51. The Labute approximate surface area is 222 Å². The number of aliphatic carboxylic acids is 2. The topological polar surface area (TPSA) is 145 Å². The van der Waals surface area contributed by atoms with E-state index in [4.69, 9.17) is 20.1 Å². The molecule has 0 saturated carbocycles. The first-order chi connectivity index (χ1) is 17.7. The van der Waals surface area contributed by atoms with Crippen LogP contribution in [0.5, 0.6) is 0 Å². The van der Waals surface area contributed by atoms with Gasteiger partial charge in [-0.2, -0.15) is 0 Å². The number of aliphatic hydroxyl groups is 2. The number of hydrogen-bond donors (Lipinski definition) is 4. The van der Waals surface area contributed by atoms with Gasteiger partial charge in [-0.25, -0.2) is 4.79 Å². The first kappa shape index (κ1) is 33.3. The Morgan fingerprint density at radius 2 is 1.43 bits per heavy atom. The summed E-state index contributed by atoms with van der Waals surface area (Å²) in [5.74, 6) is -1.26. The number of likely N-dealkylation sites (tertiary alicyclic amines) is 1. The molecule has 0 aliphatic carbocycles. The van der Waals surface area contributed by atoms with Gasteiger partial charge in [-0.3, -0.25) is 14.5 Å². The lowest BCUT2D eigenvalue weighted by atomic mass is 9.95. The largest absolute Gasteiger partial charge is 0.481 e. The zero-order chi connectivity index (χ0) is 27.7. The Balaban J connectivity index is 0.000000373. The molecule has 37 heavy (non-hydrogen) atoms. The van der Waals surface area contributed by atoms with Gasteiger partial charge in [0.15, 0.2) is 5.72 Å². The van der Waals surface area contributed by atoms with E-state index in [-0.39, 0.29) is 18.7 Å². The van der Waals surface area contributed by atoms with Crippen LogP contribution in [0.4, 0.5) is 0 Å². The lowest BCUT2D eigenvalue weighted by molar-refractivity contribution is -0.285. The van der Waals surface area contributed by atoms with Gasteiger partial charge in [0, 0.05) is 19.3 Å². The van der Waals surface area contributed by atoms with E-state index in [2.05, 4.69) is 13.8 Å². The molecule has 0 bridgehead atoms. The number of aliphatic hydroxyl groups excluding tert-OH is 2. The molecule has 2 fully saturated rings. The molecule has 1 amide bonds. The van der Waals surface area contributed by atoms with Crippen LogP contribution in [0.25, 0.3) is 0 Å². The van der Waals surface area contributed by atoms with E-state index in [1.165, 1.54) is 70.6 Å². The molecule has 4 N–H and O–H groups in total. The van der Waals surface area contributed by atoms with Crippen molar-refractivity contribution in [3.63, 3.8) is 0 Å². The van der Waals surface area contributed by atoms with E-state index in [9.17, 15) is 19.5 Å². The Hall–Kier alpha value is -1.71. The molecule has 9 nitrogen and oxygen atoms in total. The van der Waals surface area contributed by atoms with Gasteiger partial charge in [-0.15, -0.1) is 0 Å². The molecule has 216 valence electrons. The molecule has 0 aromatic carbocycles. The molecule has 2 aliphatic rings. The minimum Gasteiger partial charge on any atom is -0.481 e. The van der Waals surface area contributed by atoms with Gasteiger partial charge in [-0.05, 0) is 18.8 Å². The Morgan fingerprint density at radius 1 is 0.946 bits per heavy atom. The Bertz CT molecular complexity index is 665. The molecule has 2 saturated heterocycles. The summed E-state index contributed by atoms with van der Waals surface area (Å²) in [6, 6.07) is -0.982. The summed E-state index contributed by atoms with van der Waals surface area (Å²) in [6.07, 6.45) is 16.7. The molecule has 2 unspecified atom stereocenters. The van der Waals surface area contributed by atoms with E-state index in [1.54, 1.807) is 0 Å². The molecule has 0 aromatic heterocycles. The number of carbonyl (C=O) groups is 3. The number of carboxylic acid groups (broad SMARTS) is 2. The van der Waals surface area contributed by atoms with E-state index >= 15 is 0 Å². The third-order valence-corrected chi connectivity index (χ3v) is 7.33. The Morgan fingerprint density at radius 3 is 1.81 bits per heavy atom. The first-order valence-corrected chi connectivity index (χ1v) is 14.3. The summed E-state index contributed by atoms with van der Waals surface area (Å²) in [6.45, 7) is 4.38. The van der Waals surface area contributed by atoms with Crippen LogP contribution in [0.3, 0.4) is 0 Å². The standard InChI is InChI=1S/C18H36O2.C10H15NO6/c1-17(2)15-13-11-9-7-5-3-4-6-8-10-12-14-16-18(19)20;12-5-7(13)10(3-4-17-10)11-6(9(15)16)1-2-8(11)14/h17H,3-16H2,1-2H3,(H,19,20);6-7,12-13H,1-5H2,(H,15,16)/t;6-,7?,10?/m.0/s1. The molecule has 2 rings (SSSR count). The molecule has 2 aliphatic heterocycles. The summed E-state index contributed by atoms with van der Waals surface area (Å²) in [7, 11) is 0. The quantitative estimate of drug-likeness (QED) is 0.176. The third kappa shape index (κ3) is 12.1. The van der Waals surface area contributed by atoms with Crippen LogP contribution < -0.4 is 0 Å². The second-order valence-electron chi connectivity index (χ2n) is 10.9. The summed E-state index contributed by atoms with van der Waals surface area (Å²) in [4.78, 5) is 34.2. The lowest BCUT2D eigenvalue weighted by Crippen LogP contribution is -2.68. The maximum absolute atomic E-state index is 11.7. The van der Waals surface area contributed by atoms with Crippen molar-refractivity contribution in [1.82, 2.24) is 4.90 Å².